The Morgan fingerprint density at radius 2 is 2.06 bits per heavy atom. The van der Waals surface area contributed by atoms with E-state index in [0.29, 0.717) is 4.09 Å². The Kier molecular flexibility index (Phi) is 2.94. The van der Waals surface area contributed by atoms with E-state index >= 15 is 0 Å². The van der Waals surface area contributed by atoms with Crippen LogP contribution in [0.3, 0.4) is 0 Å². The predicted octanol–water partition coefficient (Wildman–Crippen LogP) is 2.43. The van der Waals surface area contributed by atoms with Crippen LogP contribution in [0.4, 0.5) is 13.2 Å². The topological polar surface area (TPSA) is 44.1 Å². The largest absolute Gasteiger partial charge is 0.477 e. The van der Waals surface area contributed by atoms with Gasteiger partial charge in [0.05, 0.1) is 23.7 Å². The molecular formula is C10H6ClF3N2O2. The van der Waals surface area contributed by atoms with E-state index in [2.05, 4.69) is 9.72 Å². The van der Waals surface area contributed by atoms with Crippen molar-refractivity contribution < 1.29 is 17.9 Å². The number of fused-ring (bicyclic) bond motifs is 1. The van der Waals surface area contributed by atoms with Crippen molar-refractivity contribution in [2.45, 2.75) is 6.18 Å². The summed E-state index contributed by atoms with van der Waals surface area (Å²) in [7, 11) is 1.18. The summed E-state index contributed by atoms with van der Waals surface area (Å²) >= 11 is 5.68. The summed E-state index contributed by atoms with van der Waals surface area (Å²) < 4.78 is 42.9. The molecule has 2 rings (SSSR count). The molecule has 0 radical (unpaired) electrons. The second kappa shape index (κ2) is 4.16. The number of benzene rings is 1. The van der Waals surface area contributed by atoms with E-state index in [1.807, 2.05) is 0 Å². The van der Waals surface area contributed by atoms with Crippen LogP contribution in [0, 0.1) is 0 Å². The van der Waals surface area contributed by atoms with Crippen LogP contribution in [0.25, 0.3) is 11.0 Å². The Labute approximate surface area is 104 Å². The third kappa shape index (κ3) is 2.01. The molecule has 8 heteroatoms. The Bertz CT molecular complexity index is 666. The maximum Gasteiger partial charge on any atom is 0.416 e. The molecule has 0 spiro atoms. The van der Waals surface area contributed by atoms with Gasteiger partial charge in [0.2, 0.25) is 0 Å². The van der Waals surface area contributed by atoms with Crippen molar-refractivity contribution in [3.05, 3.63) is 34.1 Å². The molecule has 1 aromatic heterocycles. The van der Waals surface area contributed by atoms with Gasteiger partial charge < -0.3 is 4.74 Å². The van der Waals surface area contributed by atoms with Crippen LogP contribution < -0.4 is 10.3 Å². The molecule has 0 saturated carbocycles. The monoisotopic (exact) mass is 278 g/mol. The summed E-state index contributed by atoms with van der Waals surface area (Å²) in [6.45, 7) is 0. The van der Waals surface area contributed by atoms with E-state index in [4.69, 9.17) is 11.8 Å². The number of rotatable bonds is 1. The second-order valence-corrected chi connectivity index (χ2v) is 3.75. The summed E-state index contributed by atoms with van der Waals surface area (Å²) in [5, 5.41) is 0. The first-order chi connectivity index (χ1) is 8.34. The average Bonchev–Trinajstić information content (AvgIpc) is 2.32. The second-order valence-electron chi connectivity index (χ2n) is 3.41. The molecule has 1 heterocycles. The quantitative estimate of drug-likeness (QED) is 0.805. The zero-order chi connectivity index (χ0) is 13.5. The molecular weight excluding hydrogens is 273 g/mol. The van der Waals surface area contributed by atoms with Gasteiger partial charge in [-0.2, -0.15) is 13.2 Å². The summed E-state index contributed by atoms with van der Waals surface area (Å²) in [4.78, 5) is 15.2. The van der Waals surface area contributed by atoms with E-state index in [1.165, 1.54) is 7.11 Å². The molecule has 0 fully saturated rings. The zero-order valence-corrected chi connectivity index (χ0v) is 9.71. The highest BCUT2D eigenvalue weighted by Gasteiger charge is 2.31. The Balaban J connectivity index is 2.79. The highest BCUT2D eigenvalue weighted by atomic mass is 35.5. The number of hydrogen-bond donors (Lipinski definition) is 0. The number of aromatic nitrogens is 2. The van der Waals surface area contributed by atoms with Crippen molar-refractivity contribution in [2.24, 2.45) is 0 Å². The Hall–Kier alpha value is -1.76. The predicted molar refractivity (Wildman–Crippen MR) is 58.8 cm³/mol. The van der Waals surface area contributed by atoms with Gasteiger partial charge in [-0.1, -0.05) is 0 Å². The molecule has 0 aliphatic carbocycles. The van der Waals surface area contributed by atoms with E-state index in [-0.39, 0.29) is 16.9 Å². The number of hydrogen-bond acceptors (Lipinski definition) is 3. The molecule has 2 aromatic rings. The van der Waals surface area contributed by atoms with Gasteiger partial charge in [0.15, 0.2) is 0 Å². The molecule has 96 valence electrons. The van der Waals surface area contributed by atoms with Gasteiger partial charge in [-0.25, -0.2) is 9.07 Å². The lowest BCUT2D eigenvalue weighted by Crippen LogP contribution is -2.17. The summed E-state index contributed by atoms with van der Waals surface area (Å²) in [5.74, 6) is -0.364. The van der Waals surface area contributed by atoms with Crippen LogP contribution in [0.1, 0.15) is 5.56 Å². The third-order valence-electron chi connectivity index (χ3n) is 2.29. The normalized spacial score (nSPS) is 11.8. The molecule has 0 bridgehead atoms. The molecule has 0 amide bonds. The first-order valence-corrected chi connectivity index (χ1v) is 5.02. The smallest absolute Gasteiger partial charge is 0.416 e. The van der Waals surface area contributed by atoms with Crippen LogP contribution in [0.2, 0.25) is 0 Å². The molecule has 0 aliphatic rings. The number of methoxy groups -OCH3 is 1. The van der Waals surface area contributed by atoms with E-state index in [9.17, 15) is 18.0 Å². The Morgan fingerprint density at radius 1 is 1.39 bits per heavy atom. The highest BCUT2D eigenvalue weighted by Crippen LogP contribution is 2.31. The lowest BCUT2D eigenvalue weighted by atomic mass is 10.2. The number of ether oxygens (including phenoxy) is 1. The fourth-order valence-corrected chi connectivity index (χ4v) is 1.65. The van der Waals surface area contributed by atoms with Crippen LogP contribution in [-0.4, -0.2) is 16.2 Å². The van der Waals surface area contributed by atoms with Crippen LogP contribution in [-0.2, 0) is 6.18 Å². The summed E-state index contributed by atoms with van der Waals surface area (Å²) in [6, 6.07) is 2.71. The fourth-order valence-electron chi connectivity index (χ4n) is 1.44. The van der Waals surface area contributed by atoms with E-state index in [0.717, 1.165) is 18.2 Å². The summed E-state index contributed by atoms with van der Waals surface area (Å²) in [6.07, 6.45) is -4.49. The van der Waals surface area contributed by atoms with Crippen molar-refractivity contribution in [3.63, 3.8) is 0 Å². The van der Waals surface area contributed by atoms with E-state index in [1.54, 1.807) is 0 Å². The highest BCUT2D eigenvalue weighted by molar-refractivity contribution is 6.18. The van der Waals surface area contributed by atoms with Crippen molar-refractivity contribution >= 4 is 22.8 Å². The van der Waals surface area contributed by atoms with Crippen LogP contribution >= 0.6 is 11.8 Å². The molecule has 1 aromatic carbocycles. The first kappa shape index (κ1) is 12.7. The van der Waals surface area contributed by atoms with Gasteiger partial charge in [0.1, 0.15) is 0 Å². The molecule has 0 saturated heterocycles. The Morgan fingerprint density at radius 3 is 2.61 bits per heavy atom. The maximum atomic E-state index is 12.5. The minimum Gasteiger partial charge on any atom is -0.477 e. The van der Waals surface area contributed by atoms with Crippen molar-refractivity contribution in [2.75, 3.05) is 7.11 Å². The molecule has 18 heavy (non-hydrogen) atoms. The average molecular weight is 279 g/mol. The van der Waals surface area contributed by atoms with Gasteiger partial charge in [0.25, 0.3) is 5.88 Å². The van der Waals surface area contributed by atoms with Gasteiger partial charge >= 0.3 is 11.7 Å². The first-order valence-electron chi connectivity index (χ1n) is 4.68. The van der Waals surface area contributed by atoms with Crippen LogP contribution in [0.5, 0.6) is 5.88 Å². The minimum atomic E-state index is -4.49. The van der Waals surface area contributed by atoms with Gasteiger partial charge in [-0.3, -0.25) is 4.79 Å². The number of halogens is 4. The third-order valence-corrected chi connectivity index (χ3v) is 2.63. The van der Waals surface area contributed by atoms with Crippen molar-refractivity contribution in [3.8, 4) is 5.88 Å². The standard InChI is InChI=1S/C10H6ClF3N2O2/c1-18-8-9(17)16(11)7-3-2-5(10(12,13)14)4-6(7)15-8/h2-4H,1H3. The molecule has 0 N–H and O–H groups in total. The molecule has 0 atom stereocenters. The minimum absolute atomic E-state index is 0.0729. The number of alkyl halides is 3. The van der Waals surface area contributed by atoms with E-state index < -0.39 is 17.3 Å². The maximum absolute atomic E-state index is 12.5. The fraction of sp³-hybridized carbons (Fsp3) is 0.200. The van der Waals surface area contributed by atoms with Crippen LogP contribution in [0.15, 0.2) is 23.0 Å². The van der Waals surface area contributed by atoms with Gasteiger partial charge in [-0.05, 0) is 18.2 Å². The number of nitrogens with zero attached hydrogens (tertiary/aromatic N) is 2. The zero-order valence-electron chi connectivity index (χ0n) is 8.95. The van der Waals surface area contributed by atoms with Crippen molar-refractivity contribution in [1.29, 1.82) is 0 Å². The molecule has 0 unspecified atom stereocenters. The lowest BCUT2D eigenvalue weighted by Gasteiger charge is -2.09. The van der Waals surface area contributed by atoms with Gasteiger partial charge in [-0.15, -0.1) is 0 Å². The summed E-state index contributed by atoms with van der Waals surface area (Å²) in [5.41, 5.74) is -1.60. The van der Waals surface area contributed by atoms with Gasteiger partial charge in [0, 0.05) is 11.8 Å². The molecule has 4 nitrogen and oxygen atoms in total. The lowest BCUT2D eigenvalue weighted by molar-refractivity contribution is -0.137. The van der Waals surface area contributed by atoms with Crippen molar-refractivity contribution in [1.82, 2.24) is 9.07 Å². The SMILES string of the molecule is COc1nc2cc(C(F)(F)F)ccc2n(Cl)c1=O. The molecule has 0 aliphatic heterocycles.